The van der Waals surface area contributed by atoms with Gasteiger partial charge in [0.2, 0.25) is 5.91 Å². The molecule has 0 aliphatic heterocycles. The molecule has 0 spiro atoms. The lowest BCUT2D eigenvalue weighted by Crippen LogP contribution is -2.23. The molecule has 0 saturated carbocycles. The van der Waals surface area contributed by atoms with Crippen LogP contribution in [-0.2, 0) is 17.9 Å². The van der Waals surface area contributed by atoms with Gasteiger partial charge >= 0.3 is 0 Å². The SMILES string of the molecule is C=CCn1c(COc2ccccc2F)nnc1SC(C)C(=O)Nc1ccccc1SC. The quantitative estimate of drug-likeness (QED) is 0.340. The van der Waals surface area contributed by atoms with Crippen LogP contribution in [0.5, 0.6) is 5.75 Å². The Morgan fingerprint density at radius 2 is 2.00 bits per heavy atom. The summed E-state index contributed by atoms with van der Waals surface area (Å²) in [6.45, 7) is 6.07. The molecule has 6 nitrogen and oxygen atoms in total. The summed E-state index contributed by atoms with van der Waals surface area (Å²) in [5.41, 5.74) is 0.777. The number of hydrogen-bond donors (Lipinski definition) is 1. The minimum Gasteiger partial charge on any atom is -0.483 e. The van der Waals surface area contributed by atoms with Crippen LogP contribution < -0.4 is 10.1 Å². The maximum atomic E-state index is 13.8. The summed E-state index contributed by atoms with van der Waals surface area (Å²) >= 11 is 2.86. The van der Waals surface area contributed by atoms with Crippen molar-refractivity contribution in [3.05, 3.63) is 72.8 Å². The molecule has 162 valence electrons. The van der Waals surface area contributed by atoms with Gasteiger partial charge in [0, 0.05) is 11.4 Å². The number of nitrogens with zero attached hydrogens (tertiary/aromatic N) is 3. The van der Waals surface area contributed by atoms with Gasteiger partial charge in [-0.25, -0.2) is 4.39 Å². The maximum Gasteiger partial charge on any atom is 0.237 e. The highest BCUT2D eigenvalue weighted by Gasteiger charge is 2.21. The van der Waals surface area contributed by atoms with E-state index in [9.17, 15) is 9.18 Å². The van der Waals surface area contributed by atoms with Crippen molar-refractivity contribution in [1.82, 2.24) is 14.8 Å². The highest BCUT2D eigenvalue weighted by molar-refractivity contribution is 8.00. The van der Waals surface area contributed by atoms with E-state index >= 15 is 0 Å². The molecule has 2 aromatic carbocycles. The predicted octanol–water partition coefficient (Wildman–Crippen LogP) is 5.02. The summed E-state index contributed by atoms with van der Waals surface area (Å²) in [4.78, 5) is 13.7. The molecule has 0 aliphatic rings. The van der Waals surface area contributed by atoms with Crippen LogP contribution >= 0.6 is 23.5 Å². The number of hydrogen-bond acceptors (Lipinski definition) is 6. The van der Waals surface area contributed by atoms with Gasteiger partial charge in [-0.1, -0.05) is 42.1 Å². The minimum atomic E-state index is -0.442. The Kier molecular flexibility index (Phi) is 8.13. The maximum absolute atomic E-state index is 13.8. The Hall–Kier alpha value is -2.78. The first-order valence-electron chi connectivity index (χ1n) is 9.54. The number of para-hydroxylation sites is 2. The summed E-state index contributed by atoms with van der Waals surface area (Å²) in [5, 5.41) is 11.5. The van der Waals surface area contributed by atoms with E-state index in [1.54, 1.807) is 40.6 Å². The molecule has 1 N–H and O–H groups in total. The average Bonchev–Trinajstić information content (AvgIpc) is 3.15. The number of anilines is 1. The molecule has 0 radical (unpaired) electrons. The number of ether oxygens (including phenoxy) is 1. The van der Waals surface area contributed by atoms with Crippen LogP contribution in [0.2, 0.25) is 0 Å². The number of halogens is 1. The number of rotatable bonds is 10. The van der Waals surface area contributed by atoms with Gasteiger partial charge in [-0.2, -0.15) is 0 Å². The van der Waals surface area contributed by atoms with Gasteiger partial charge in [0.05, 0.1) is 10.9 Å². The van der Waals surface area contributed by atoms with E-state index in [4.69, 9.17) is 4.74 Å². The van der Waals surface area contributed by atoms with Crippen LogP contribution in [0.25, 0.3) is 0 Å². The van der Waals surface area contributed by atoms with Gasteiger partial charge in [0.15, 0.2) is 22.5 Å². The highest BCUT2D eigenvalue weighted by atomic mass is 32.2. The zero-order chi connectivity index (χ0) is 22.2. The van der Waals surface area contributed by atoms with Gasteiger partial charge in [0.1, 0.15) is 6.61 Å². The van der Waals surface area contributed by atoms with Gasteiger partial charge in [0.25, 0.3) is 0 Å². The van der Waals surface area contributed by atoms with Crippen LogP contribution in [0.3, 0.4) is 0 Å². The highest BCUT2D eigenvalue weighted by Crippen LogP contribution is 2.28. The van der Waals surface area contributed by atoms with E-state index < -0.39 is 11.1 Å². The lowest BCUT2D eigenvalue weighted by Gasteiger charge is -2.14. The summed E-state index contributed by atoms with van der Waals surface area (Å²) < 4.78 is 21.2. The molecular formula is C22H23FN4O2S2. The lowest BCUT2D eigenvalue weighted by atomic mass is 10.3. The van der Waals surface area contributed by atoms with Gasteiger partial charge in [-0.3, -0.25) is 9.36 Å². The van der Waals surface area contributed by atoms with Crippen LogP contribution in [-0.4, -0.2) is 32.2 Å². The van der Waals surface area contributed by atoms with E-state index in [0.717, 1.165) is 10.6 Å². The van der Waals surface area contributed by atoms with Crippen LogP contribution in [0.1, 0.15) is 12.7 Å². The monoisotopic (exact) mass is 458 g/mol. The van der Waals surface area contributed by atoms with Crippen molar-refractivity contribution in [2.24, 2.45) is 0 Å². The number of amides is 1. The Morgan fingerprint density at radius 3 is 2.74 bits per heavy atom. The Balaban J connectivity index is 1.69. The summed E-state index contributed by atoms with van der Waals surface area (Å²) in [5.74, 6) is 0.0857. The zero-order valence-electron chi connectivity index (χ0n) is 17.2. The number of thioether (sulfide) groups is 2. The first-order valence-corrected chi connectivity index (χ1v) is 11.6. The number of allylic oxidation sites excluding steroid dienone is 1. The molecule has 3 aromatic rings. The number of carbonyl (C=O) groups is 1. The second-order valence-electron chi connectivity index (χ2n) is 6.47. The fourth-order valence-corrected chi connectivity index (χ4v) is 4.15. The summed E-state index contributed by atoms with van der Waals surface area (Å²) in [7, 11) is 0. The number of nitrogens with one attached hydrogen (secondary N) is 1. The Labute approximate surface area is 189 Å². The molecule has 1 atom stereocenters. The smallest absolute Gasteiger partial charge is 0.237 e. The van der Waals surface area contributed by atoms with Gasteiger partial charge in [-0.05, 0) is 37.4 Å². The second kappa shape index (κ2) is 11.0. The standard InChI is InChI=1S/C22H23FN4O2S2/c1-4-13-27-20(14-29-18-11-7-5-9-16(18)23)25-26-22(27)31-15(2)21(28)24-17-10-6-8-12-19(17)30-3/h4-12,15H,1,13-14H2,2-3H3,(H,24,28). The third-order valence-electron chi connectivity index (χ3n) is 4.31. The van der Waals surface area contributed by atoms with Crippen molar-refractivity contribution < 1.29 is 13.9 Å². The summed E-state index contributed by atoms with van der Waals surface area (Å²) in [6.07, 6.45) is 3.67. The largest absolute Gasteiger partial charge is 0.483 e. The molecule has 1 heterocycles. The molecule has 0 saturated heterocycles. The van der Waals surface area contributed by atoms with Crippen molar-refractivity contribution in [2.75, 3.05) is 11.6 Å². The Morgan fingerprint density at radius 1 is 1.26 bits per heavy atom. The third-order valence-corrected chi connectivity index (χ3v) is 6.19. The molecule has 9 heteroatoms. The summed E-state index contributed by atoms with van der Waals surface area (Å²) in [6, 6.07) is 13.8. The van der Waals surface area contributed by atoms with E-state index in [2.05, 4.69) is 22.1 Å². The van der Waals surface area contributed by atoms with E-state index in [0.29, 0.717) is 17.5 Å². The van der Waals surface area contributed by atoms with Crippen LogP contribution in [0, 0.1) is 5.82 Å². The molecule has 1 unspecified atom stereocenters. The predicted molar refractivity (Wildman–Crippen MR) is 123 cm³/mol. The Bertz CT molecular complexity index is 1060. The first kappa shape index (κ1) is 22.9. The van der Waals surface area contributed by atoms with Crippen molar-refractivity contribution in [3.8, 4) is 5.75 Å². The normalized spacial score (nSPS) is 11.7. The number of benzene rings is 2. The second-order valence-corrected chi connectivity index (χ2v) is 8.62. The van der Waals surface area contributed by atoms with Crippen LogP contribution in [0.15, 0.2) is 71.2 Å². The molecule has 1 amide bonds. The zero-order valence-corrected chi connectivity index (χ0v) is 18.9. The first-order chi connectivity index (χ1) is 15.0. The molecular weight excluding hydrogens is 435 g/mol. The van der Waals surface area contributed by atoms with E-state index in [1.807, 2.05) is 37.4 Å². The molecule has 3 rings (SSSR count). The fourth-order valence-electron chi connectivity index (χ4n) is 2.72. The van der Waals surface area contributed by atoms with E-state index in [1.165, 1.54) is 17.8 Å². The molecule has 0 fully saturated rings. The van der Waals surface area contributed by atoms with Gasteiger partial charge in [-0.15, -0.1) is 28.5 Å². The van der Waals surface area contributed by atoms with E-state index in [-0.39, 0.29) is 18.3 Å². The molecule has 0 bridgehead atoms. The number of aromatic nitrogens is 3. The topological polar surface area (TPSA) is 69.0 Å². The van der Waals surface area contributed by atoms with Crippen LogP contribution in [0.4, 0.5) is 10.1 Å². The van der Waals surface area contributed by atoms with Crippen molar-refractivity contribution >= 4 is 35.1 Å². The van der Waals surface area contributed by atoms with Crippen molar-refractivity contribution in [1.29, 1.82) is 0 Å². The fraction of sp³-hybridized carbons (Fsp3) is 0.227. The molecule has 0 aliphatic carbocycles. The molecule has 31 heavy (non-hydrogen) atoms. The third kappa shape index (κ3) is 5.89. The molecule has 1 aromatic heterocycles. The van der Waals surface area contributed by atoms with Crippen molar-refractivity contribution in [3.63, 3.8) is 0 Å². The number of carbonyl (C=O) groups excluding carboxylic acids is 1. The lowest BCUT2D eigenvalue weighted by molar-refractivity contribution is -0.115. The van der Waals surface area contributed by atoms with Crippen molar-refractivity contribution in [2.45, 2.75) is 35.4 Å². The minimum absolute atomic E-state index is 0.0456. The van der Waals surface area contributed by atoms with Gasteiger partial charge < -0.3 is 10.1 Å². The average molecular weight is 459 g/mol.